The van der Waals surface area contributed by atoms with Crippen LogP contribution in [0.25, 0.3) is 22.3 Å². The fraction of sp³-hybridized carbons (Fsp3) is 0.438. The Bertz CT molecular complexity index is 1560. The van der Waals surface area contributed by atoms with Crippen LogP contribution in [0.1, 0.15) is 46.1 Å². The Balaban J connectivity index is 1.16. The average molecular weight is 588 g/mol. The maximum Gasteiger partial charge on any atom is 0.410 e. The summed E-state index contributed by atoms with van der Waals surface area (Å²) in [5.74, 6) is 1.74. The van der Waals surface area contributed by atoms with Crippen LogP contribution in [0.5, 0.6) is 11.5 Å². The number of rotatable bonds is 5. The number of hydrogen-bond donors (Lipinski definition) is 1. The number of ether oxygens (including phenoxy) is 2. The molecule has 2 aromatic heterocycles. The second kappa shape index (κ2) is 11.8. The Kier molecular flexibility index (Phi) is 7.91. The van der Waals surface area contributed by atoms with Crippen molar-refractivity contribution in [2.24, 2.45) is 0 Å². The summed E-state index contributed by atoms with van der Waals surface area (Å²) in [6.45, 7) is 7.84. The van der Waals surface area contributed by atoms with Crippen molar-refractivity contribution in [3.8, 4) is 22.8 Å². The van der Waals surface area contributed by atoms with E-state index in [4.69, 9.17) is 20.3 Å². The Morgan fingerprint density at radius 2 is 1.65 bits per heavy atom. The molecule has 2 aliphatic heterocycles. The van der Waals surface area contributed by atoms with Crippen molar-refractivity contribution in [1.29, 1.82) is 0 Å². The van der Waals surface area contributed by atoms with Gasteiger partial charge < -0.3 is 20.1 Å². The van der Waals surface area contributed by atoms with Gasteiger partial charge in [-0.25, -0.2) is 23.8 Å². The number of anilines is 1. The van der Waals surface area contributed by atoms with E-state index >= 15 is 4.39 Å². The summed E-state index contributed by atoms with van der Waals surface area (Å²) in [4.78, 5) is 25.1. The van der Waals surface area contributed by atoms with Gasteiger partial charge >= 0.3 is 6.09 Å². The number of piperidine rings is 2. The molecule has 2 saturated heterocycles. The molecule has 43 heavy (non-hydrogen) atoms. The van der Waals surface area contributed by atoms with Crippen LogP contribution in [0.3, 0.4) is 0 Å². The van der Waals surface area contributed by atoms with Crippen molar-refractivity contribution in [3.05, 3.63) is 60.9 Å². The Hall–Kier alpha value is -4.25. The zero-order valence-corrected chi connectivity index (χ0v) is 24.8. The van der Waals surface area contributed by atoms with E-state index in [2.05, 4.69) is 14.9 Å². The average Bonchev–Trinajstić information content (AvgIpc) is 3.38. The zero-order valence-electron chi connectivity index (χ0n) is 24.8. The second-order valence-electron chi connectivity index (χ2n) is 12.3. The molecule has 10 nitrogen and oxygen atoms in total. The fourth-order valence-electron chi connectivity index (χ4n) is 6.00. The van der Waals surface area contributed by atoms with Crippen LogP contribution in [0.2, 0.25) is 0 Å². The van der Waals surface area contributed by atoms with Gasteiger partial charge in [0.05, 0.1) is 11.4 Å². The van der Waals surface area contributed by atoms with Gasteiger partial charge in [-0.05, 0) is 76.4 Å². The van der Waals surface area contributed by atoms with E-state index in [9.17, 15) is 4.79 Å². The maximum absolute atomic E-state index is 16.0. The number of nitrogens with two attached hydrogens (primary N) is 1. The molecule has 4 aromatic rings. The van der Waals surface area contributed by atoms with Crippen molar-refractivity contribution in [1.82, 2.24) is 29.5 Å². The molecule has 2 aliphatic rings. The predicted molar refractivity (Wildman–Crippen MR) is 163 cm³/mol. The number of likely N-dealkylation sites (tertiary alicyclic amines) is 2. The quantitative estimate of drug-likeness (QED) is 0.309. The first-order chi connectivity index (χ1) is 20.7. The van der Waals surface area contributed by atoms with Gasteiger partial charge in [0.15, 0.2) is 5.65 Å². The van der Waals surface area contributed by atoms with E-state index in [-0.39, 0.29) is 12.1 Å². The van der Waals surface area contributed by atoms with E-state index in [0.29, 0.717) is 54.3 Å². The van der Waals surface area contributed by atoms with Gasteiger partial charge in [0.1, 0.15) is 41.1 Å². The predicted octanol–water partition coefficient (Wildman–Crippen LogP) is 5.85. The molecule has 0 radical (unpaired) electrons. The fourth-order valence-corrected chi connectivity index (χ4v) is 6.00. The minimum atomic E-state index is -1.15. The Morgan fingerprint density at radius 1 is 0.953 bits per heavy atom. The lowest BCUT2D eigenvalue weighted by Gasteiger charge is -2.43. The molecule has 0 aliphatic carbocycles. The van der Waals surface area contributed by atoms with Crippen LogP contribution >= 0.6 is 0 Å². The smallest absolute Gasteiger partial charge is 0.410 e. The summed E-state index contributed by atoms with van der Waals surface area (Å²) in [5, 5.41) is 5.50. The number of para-hydroxylation sites is 1. The lowest BCUT2D eigenvalue weighted by molar-refractivity contribution is 0.00441. The van der Waals surface area contributed by atoms with Crippen molar-refractivity contribution in [2.45, 2.75) is 63.9 Å². The highest BCUT2D eigenvalue weighted by atomic mass is 19.1. The molecule has 4 heterocycles. The summed E-state index contributed by atoms with van der Waals surface area (Å²) in [6, 6.07) is 16.9. The summed E-state index contributed by atoms with van der Waals surface area (Å²) in [7, 11) is 0. The van der Waals surface area contributed by atoms with E-state index in [1.165, 1.54) is 6.33 Å². The summed E-state index contributed by atoms with van der Waals surface area (Å²) < 4.78 is 29.1. The number of aromatic nitrogens is 4. The number of carbonyl (C=O) groups excluding carboxylic acids is 1. The third kappa shape index (κ3) is 6.27. The molecule has 11 heteroatoms. The van der Waals surface area contributed by atoms with Gasteiger partial charge in [0.25, 0.3) is 0 Å². The Labute approximate surface area is 250 Å². The monoisotopic (exact) mass is 587 g/mol. The van der Waals surface area contributed by atoms with Gasteiger partial charge in [0.2, 0.25) is 0 Å². The van der Waals surface area contributed by atoms with Gasteiger partial charge in [-0.15, -0.1) is 0 Å². The van der Waals surface area contributed by atoms with Gasteiger partial charge in [-0.2, -0.15) is 5.10 Å². The Morgan fingerprint density at radius 3 is 2.33 bits per heavy atom. The lowest BCUT2D eigenvalue weighted by Crippen LogP contribution is -2.52. The second-order valence-corrected chi connectivity index (χ2v) is 12.3. The number of nitrogens with zero attached hydrogens (tertiary/aromatic N) is 6. The third-order valence-electron chi connectivity index (χ3n) is 8.11. The number of halogens is 1. The first-order valence-corrected chi connectivity index (χ1v) is 14.8. The molecule has 1 amide bonds. The minimum absolute atomic E-state index is 0.220. The van der Waals surface area contributed by atoms with Gasteiger partial charge in [-0.1, -0.05) is 18.2 Å². The SMILES string of the molecule is CC(C)(C)OC(=O)N1CCC(N2CCC(n3nc(-c4ccc(Oc5ccccc5)cc4)c4c(N)ncnc43)[C@@H](F)C2)CC1. The molecular formula is C32H38FN7O3. The number of carbonyl (C=O) groups is 1. The molecule has 1 unspecified atom stereocenters. The molecule has 2 N–H and O–H groups in total. The number of amides is 1. The molecule has 0 saturated carbocycles. The number of benzene rings is 2. The van der Waals surface area contributed by atoms with Crippen LogP contribution < -0.4 is 10.5 Å². The van der Waals surface area contributed by atoms with Crippen molar-refractivity contribution < 1.29 is 18.7 Å². The van der Waals surface area contributed by atoms with E-state index in [1.54, 1.807) is 9.58 Å². The van der Waals surface area contributed by atoms with Crippen LogP contribution in [-0.4, -0.2) is 79.6 Å². The van der Waals surface area contributed by atoms with Gasteiger partial charge in [0, 0.05) is 37.8 Å². The summed E-state index contributed by atoms with van der Waals surface area (Å²) in [5.41, 5.74) is 7.75. The standard InChI is InChI=1S/C32H38FN7O3/c1-32(2,3)43-31(41)38-16-13-22(14-17-38)39-18-15-26(25(33)19-39)40-30-27(29(34)35-20-36-30)28(37-40)21-9-11-24(12-10-21)42-23-7-5-4-6-8-23/h4-12,20,22,25-26H,13-19H2,1-3H3,(H2,34,35,36)/t25-,26?/m0/s1. The molecule has 2 fully saturated rings. The number of nitrogen functional groups attached to an aromatic ring is 1. The highest BCUT2D eigenvalue weighted by Crippen LogP contribution is 2.36. The highest BCUT2D eigenvalue weighted by Gasteiger charge is 2.37. The molecule has 0 spiro atoms. The molecule has 2 aromatic carbocycles. The van der Waals surface area contributed by atoms with Crippen LogP contribution in [0, 0.1) is 0 Å². The number of hydrogen-bond acceptors (Lipinski definition) is 8. The molecule has 226 valence electrons. The van der Waals surface area contributed by atoms with Crippen molar-refractivity contribution in [3.63, 3.8) is 0 Å². The normalized spacial score (nSPS) is 20.3. The van der Waals surface area contributed by atoms with Crippen LogP contribution in [0.15, 0.2) is 60.9 Å². The lowest BCUT2D eigenvalue weighted by atomic mass is 9.97. The van der Waals surface area contributed by atoms with Gasteiger partial charge in [-0.3, -0.25) is 4.90 Å². The highest BCUT2D eigenvalue weighted by molar-refractivity contribution is 5.98. The molecule has 2 atom stereocenters. The van der Waals surface area contributed by atoms with Crippen LogP contribution in [-0.2, 0) is 4.74 Å². The van der Waals surface area contributed by atoms with E-state index < -0.39 is 17.8 Å². The number of alkyl halides is 1. The topological polar surface area (TPSA) is 112 Å². The maximum atomic E-state index is 16.0. The van der Waals surface area contributed by atoms with Crippen molar-refractivity contribution in [2.75, 3.05) is 31.9 Å². The third-order valence-corrected chi connectivity index (χ3v) is 8.11. The summed E-state index contributed by atoms with van der Waals surface area (Å²) >= 11 is 0. The first kappa shape index (κ1) is 28.9. The molecule has 0 bridgehead atoms. The molecule has 6 rings (SSSR count). The van der Waals surface area contributed by atoms with Crippen LogP contribution in [0.4, 0.5) is 15.0 Å². The van der Waals surface area contributed by atoms with E-state index in [1.807, 2.05) is 75.4 Å². The first-order valence-electron chi connectivity index (χ1n) is 14.8. The van der Waals surface area contributed by atoms with E-state index in [0.717, 1.165) is 30.7 Å². The number of fused-ring (bicyclic) bond motifs is 1. The largest absolute Gasteiger partial charge is 0.457 e. The minimum Gasteiger partial charge on any atom is -0.457 e. The summed E-state index contributed by atoms with van der Waals surface area (Å²) in [6.07, 6.45) is 2.13. The zero-order chi connectivity index (χ0) is 30.1. The van der Waals surface area contributed by atoms with Crippen molar-refractivity contribution >= 4 is 22.9 Å². The molecular weight excluding hydrogens is 549 g/mol.